The van der Waals surface area contributed by atoms with Gasteiger partial charge in [0.25, 0.3) is 0 Å². The summed E-state index contributed by atoms with van der Waals surface area (Å²) in [6, 6.07) is 2.07. The van der Waals surface area contributed by atoms with E-state index in [9.17, 15) is 0 Å². The highest BCUT2D eigenvalue weighted by Gasteiger charge is 1.94. The Morgan fingerprint density at radius 3 is 2.75 bits per heavy atom. The van der Waals surface area contributed by atoms with Gasteiger partial charge >= 0.3 is 0 Å². The van der Waals surface area contributed by atoms with Gasteiger partial charge in [0.05, 0.1) is 4.21 Å². The van der Waals surface area contributed by atoms with Crippen LogP contribution in [0.15, 0.2) is 15.7 Å². The molecule has 0 radical (unpaired) electrons. The quantitative estimate of drug-likeness (QED) is 0.533. The summed E-state index contributed by atoms with van der Waals surface area (Å²) in [5.41, 5.74) is 1.28. The molecule has 0 saturated carbocycles. The highest BCUT2D eigenvalue weighted by molar-refractivity contribution is 9.08. The molecular formula is C5H5BrS2. The number of hydrogen-bond acceptors (Lipinski definition) is 2. The van der Waals surface area contributed by atoms with Gasteiger partial charge in [0.1, 0.15) is 0 Å². The summed E-state index contributed by atoms with van der Waals surface area (Å²) in [6.45, 7) is 0. The summed E-state index contributed by atoms with van der Waals surface area (Å²) in [5, 5.41) is 2.95. The lowest BCUT2D eigenvalue weighted by molar-refractivity contribution is 1.40. The number of rotatable bonds is 1. The van der Waals surface area contributed by atoms with E-state index in [4.69, 9.17) is 0 Å². The average molecular weight is 209 g/mol. The van der Waals surface area contributed by atoms with Gasteiger partial charge in [-0.3, -0.25) is 0 Å². The predicted octanol–water partition coefficient (Wildman–Crippen LogP) is 2.93. The molecule has 0 aliphatic heterocycles. The van der Waals surface area contributed by atoms with Gasteiger partial charge in [0, 0.05) is 5.33 Å². The van der Waals surface area contributed by atoms with Crippen LogP contribution in [0, 0.1) is 0 Å². The van der Waals surface area contributed by atoms with Crippen molar-refractivity contribution in [3.8, 4) is 0 Å². The first kappa shape index (κ1) is 6.65. The highest BCUT2D eigenvalue weighted by Crippen LogP contribution is 2.22. The van der Waals surface area contributed by atoms with E-state index in [1.807, 2.05) is 5.38 Å². The fourth-order valence-corrected chi connectivity index (χ4v) is 2.29. The Labute approximate surface area is 66.5 Å². The van der Waals surface area contributed by atoms with Gasteiger partial charge < -0.3 is 0 Å². The van der Waals surface area contributed by atoms with E-state index < -0.39 is 0 Å². The molecule has 0 N–H and O–H groups in total. The lowest BCUT2D eigenvalue weighted by Gasteiger charge is -1.85. The van der Waals surface area contributed by atoms with E-state index in [2.05, 4.69) is 34.6 Å². The smallest absolute Gasteiger partial charge is 0.0608 e. The first-order valence-electron chi connectivity index (χ1n) is 2.16. The molecule has 1 aromatic heterocycles. The van der Waals surface area contributed by atoms with Gasteiger partial charge in [0.15, 0.2) is 0 Å². The monoisotopic (exact) mass is 208 g/mol. The lowest BCUT2D eigenvalue weighted by Crippen LogP contribution is -1.66. The van der Waals surface area contributed by atoms with Gasteiger partial charge in [-0.05, 0) is 17.0 Å². The number of thiophene rings is 1. The number of alkyl halides is 1. The Morgan fingerprint density at radius 2 is 2.50 bits per heavy atom. The van der Waals surface area contributed by atoms with Gasteiger partial charge in [-0.2, -0.15) is 0 Å². The van der Waals surface area contributed by atoms with E-state index in [0.717, 1.165) is 9.54 Å². The maximum absolute atomic E-state index is 4.22. The van der Waals surface area contributed by atoms with Crippen molar-refractivity contribution in [2.24, 2.45) is 0 Å². The van der Waals surface area contributed by atoms with Crippen molar-refractivity contribution in [1.82, 2.24) is 0 Å². The van der Waals surface area contributed by atoms with Crippen molar-refractivity contribution >= 4 is 39.9 Å². The SMILES string of the molecule is Sc1sccc1CBr. The Hall–Kier alpha value is 0.530. The molecule has 0 aliphatic carbocycles. The summed E-state index contributed by atoms with van der Waals surface area (Å²) in [4.78, 5) is 0. The fourth-order valence-electron chi connectivity index (χ4n) is 0.429. The van der Waals surface area contributed by atoms with E-state index in [-0.39, 0.29) is 0 Å². The van der Waals surface area contributed by atoms with Gasteiger partial charge in [0.2, 0.25) is 0 Å². The van der Waals surface area contributed by atoms with Crippen LogP contribution < -0.4 is 0 Å². The zero-order valence-electron chi connectivity index (χ0n) is 4.10. The molecule has 1 aromatic rings. The maximum atomic E-state index is 4.22. The number of halogens is 1. The molecule has 0 aromatic carbocycles. The predicted molar refractivity (Wildman–Crippen MR) is 44.2 cm³/mol. The van der Waals surface area contributed by atoms with Crippen molar-refractivity contribution in [3.63, 3.8) is 0 Å². The van der Waals surface area contributed by atoms with Crippen LogP contribution in [-0.4, -0.2) is 0 Å². The molecule has 8 heavy (non-hydrogen) atoms. The largest absolute Gasteiger partial charge is 0.137 e. The standard InChI is InChI=1S/C5H5BrS2/c6-3-4-1-2-8-5(4)7/h1-2,7H,3H2. The number of thiol groups is 1. The third-order valence-electron chi connectivity index (χ3n) is 0.868. The first-order valence-corrected chi connectivity index (χ1v) is 4.60. The number of hydrogen-bond donors (Lipinski definition) is 1. The molecule has 0 bridgehead atoms. The zero-order chi connectivity index (χ0) is 5.98. The van der Waals surface area contributed by atoms with Crippen LogP contribution in [0.1, 0.15) is 5.56 Å². The average Bonchev–Trinajstić information content (AvgIpc) is 2.14. The third kappa shape index (κ3) is 1.27. The molecule has 3 heteroatoms. The molecule has 1 heterocycles. The van der Waals surface area contributed by atoms with E-state index >= 15 is 0 Å². The Balaban J connectivity index is 2.92. The van der Waals surface area contributed by atoms with Crippen molar-refractivity contribution < 1.29 is 0 Å². The Kier molecular flexibility index (Phi) is 2.41. The second-order valence-corrected chi connectivity index (χ2v) is 3.61. The molecule has 0 spiro atoms. The minimum Gasteiger partial charge on any atom is -0.137 e. The van der Waals surface area contributed by atoms with Crippen LogP contribution in [0.5, 0.6) is 0 Å². The van der Waals surface area contributed by atoms with E-state index in [1.54, 1.807) is 11.3 Å². The van der Waals surface area contributed by atoms with Crippen molar-refractivity contribution in [3.05, 3.63) is 17.0 Å². The normalized spacial score (nSPS) is 9.75. The van der Waals surface area contributed by atoms with Crippen molar-refractivity contribution in [2.75, 3.05) is 0 Å². The minimum atomic E-state index is 0.912. The summed E-state index contributed by atoms with van der Waals surface area (Å²) in [6.07, 6.45) is 0. The second-order valence-electron chi connectivity index (χ2n) is 1.38. The summed E-state index contributed by atoms with van der Waals surface area (Å²) < 4.78 is 1.11. The molecule has 1 rings (SSSR count). The van der Waals surface area contributed by atoms with Crippen molar-refractivity contribution in [2.45, 2.75) is 9.54 Å². The van der Waals surface area contributed by atoms with Crippen LogP contribution in [0.4, 0.5) is 0 Å². The molecule has 0 nitrogen and oxygen atoms in total. The summed E-state index contributed by atoms with van der Waals surface area (Å²) >= 11 is 9.23. The highest BCUT2D eigenvalue weighted by atomic mass is 79.9. The summed E-state index contributed by atoms with van der Waals surface area (Å²) in [7, 11) is 0. The second kappa shape index (κ2) is 2.90. The van der Waals surface area contributed by atoms with Gasteiger partial charge in [-0.25, -0.2) is 0 Å². The van der Waals surface area contributed by atoms with Gasteiger partial charge in [-0.15, -0.1) is 24.0 Å². The van der Waals surface area contributed by atoms with Crippen LogP contribution in [0.2, 0.25) is 0 Å². The molecule has 44 valence electrons. The third-order valence-corrected chi connectivity index (χ3v) is 2.83. The van der Waals surface area contributed by atoms with Crippen molar-refractivity contribution in [1.29, 1.82) is 0 Å². The molecule has 0 fully saturated rings. The molecule has 0 saturated heterocycles. The molecule has 0 amide bonds. The fraction of sp³-hybridized carbons (Fsp3) is 0.200. The minimum absolute atomic E-state index is 0.912. The van der Waals surface area contributed by atoms with Crippen LogP contribution in [-0.2, 0) is 5.33 Å². The van der Waals surface area contributed by atoms with E-state index in [1.165, 1.54) is 5.56 Å². The molecule has 0 unspecified atom stereocenters. The maximum Gasteiger partial charge on any atom is 0.0608 e. The Bertz CT molecular complexity index is 171. The lowest BCUT2D eigenvalue weighted by atomic mass is 10.4. The topological polar surface area (TPSA) is 0 Å². The molecule has 0 aliphatic rings. The van der Waals surface area contributed by atoms with Gasteiger partial charge in [-0.1, -0.05) is 15.9 Å². The molecular weight excluding hydrogens is 204 g/mol. The van der Waals surface area contributed by atoms with Crippen LogP contribution in [0.3, 0.4) is 0 Å². The van der Waals surface area contributed by atoms with Crippen LogP contribution >= 0.6 is 39.9 Å². The Morgan fingerprint density at radius 1 is 1.75 bits per heavy atom. The zero-order valence-corrected chi connectivity index (χ0v) is 7.39. The van der Waals surface area contributed by atoms with E-state index in [0.29, 0.717) is 0 Å². The summed E-state index contributed by atoms with van der Waals surface area (Å²) in [5.74, 6) is 0. The first-order chi connectivity index (χ1) is 3.84. The van der Waals surface area contributed by atoms with Crippen LogP contribution in [0.25, 0.3) is 0 Å². The molecule has 0 atom stereocenters.